The lowest BCUT2D eigenvalue weighted by Crippen LogP contribution is -3.01. The van der Waals surface area contributed by atoms with Crippen molar-refractivity contribution in [3.05, 3.63) is 24.6 Å². The van der Waals surface area contributed by atoms with Crippen LogP contribution in [0.4, 0.5) is 13.2 Å². The highest BCUT2D eigenvalue weighted by molar-refractivity contribution is 7.86. The molecular weight excluding hydrogens is 343 g/mol. The van der Waals surface area contributed by atoms with Crippen molar-refractivity contribution >= 4 is 10.1 Å². The van der Waals surface area contributed by atoms with Crippen molar-refractivity contribution in [2.24, 2.45) is 0 Å². The number of allylic oxidation sites excluding steroid dienone is 2. The van der Waals surface area contributed by atoms with E-state index in [1.807, 2.05) is 0 Å². The summed E-state index contributed by atoms with van der Waals surface area (Å²) in [6.45, 7) is 3.56. The van der Waals surface area contributed by atoms with E-state index in [1.54, 1.807) is 0 Å². The number of rotatable bonds is 10. The Morgan fingerprint density at radius 2 is 1.25 bits per heavy atom. The molecule has 1 N–H and O–H groups in total. The van der Waals surface area contributed by atoms with Crippen molar-refractivity contribution in [1.29, 1.82) is 0 Å². The Kier molecular flexibility index (Phi) is 12.0. The average Bonchev–Trinajstić information content (AvgIpc) is 2.97. The van der Waals surface area contributed by atoms with Gasteiger partial charge in [0.15, 0.2) is 10.1 Å². The second-order valence-corrected chi connectivity index (χ2v) is 7.14. The maximum atomic E-state index is 10.7. The molecule has 0 saturated heterocycles. The summed E-state index contributed by atoms with van der Waals surface area (Å²) in [6, 6.07) is 0. The molecule has 1 aliphatic rings. The highest BCUT2D eigenvalue weighted by atomic mass is 32.2. The third-order valence-corrected chi connectivity index (χ3v) is 4.15. The van der Waals surface area contributed by atoms with Gasteiger partial charge < -0.3 is 4.55 Å². The second kappa shape index (κ2) is 12.5. The Labute approximate surface area is 143 Å². The summed E-state index contributed by atoms with van der Waals surface area (Å²) in [5.74, 6) is 0. The van der Waals surface area contributed by atoms with Gasteiger partial charge in [0.25, 0.3) is 0 Å². The Hall–Kier alpha value is -0.860. The van der Waals surface area contributed by atoms with Crippen molar-refractivity contribution in [3.8, 4) is 0 Å². The fourth-order valence-electron chi connectivity index (χ4n) is 2.22. The maximum absolute atomic E-state index is 10.7. The van der Waals surface area contributed by atoms with Gasteiger partial charge in [-0.1, -0.05) is 51.9 Å². The van der Waals surface area contributed by atoms with Gasteiger partial charge in [0.1, 0.15) is 0 Å². The van der Waals surface area contributed by atoms with Crippen LogP contribution in [0.3, 0.4) is 0 Å². The van der Waals surface area contributed by atoms with Crippen LogP contribution in [-0.2, 0) is 10.1 Å². The van der Waals surface area contributed by atoms with Crippen LogP contribution in [0.2, 0.25) is 0 Å². The molecular formula is C16H28F3NO3S. The zero-order valence-corrected chi connectivity index (χ0v) is 15.0. The van der Waals surface area contributed by atoms with E-state index in [9.17, 15) is 13.2 Å². The fraction of sp³-hybridized carbons (Fsp3) is 0.750. The van der Waals surface area contributed by atoms with Gasteiger partial charge in [0.05, 0.1) is 18.9 Å². The van der Waals surface area contributed by atoms with Crippen LogP contribution < -0.4 is 4.90 Å². The molecule has 4 nitrogen and oxygen atoms in total. The zero-order chi connectivity index (χ0) is 18.5. The number of nitrogens with one attached hydrogen (secondary N) is 1. The molecule has 0 amide bonds. The quantitative estimate of drug-likeness (QED) is 0.363. The first kappa shape index (κ1) is 23.1. The number of quaternary nitrogens is 1. The van der Waals surface area contributed by atoms with Gasteiger partial charge in [0.2, 0.25) is 0 Å². The molecule has 0 bridgehead atoms. The van der Waals surface area contributed by atoms with Gasteiger partial charge in [-0.25, -0.2) is 8.42 Å². The molecule has 0 radical (unpaired) electrons. The standard InChI is InChI=1S/C15H27N.CHF3O3S/c1-2-3-4-5-6-7-8-9-10-13-16-14-11-12-15-16;2-1(3,4)8(5,6)7/h11-12,14-15H,2-10,13H2,1H3;(H,5,6,7). The van der Waals surface area contributed by atoms with E-state index in [0.29, 0.717) is 0 Å². The number of unbranched alkanes of at least 4 members (excludes halogenated alkanes) is 8. The topological polar surface area (TPSA) is 61.6 Å². The van der Waals surface area contributed by atoms with Gasteiger partial charge >= 0.3 is 5.51 Å². The lowest BCUT2D eigenvalue weighted by Gasteiger charge is -2.08. The first-order valence-corrected chi connectivity index (χ1v) is 9.82. The summed E-state index contributed by atoms with van der Waals surface area (Å²) < 4.78 is 58.9. The predicted molar refractivity (Wildman–Crippen MR) is 87.1 cm³/mol. The SMILES string of the molecule is CCCCCCCCCCC[NH+]1C=CC=C1.O=S(=O)([O-])C(F)(F)F. The fourth-order valence-corrected chi connectivity index (χ4v) is 2.22. The first-order valence-electron chi connectivity index (χ1n) is 8.41. The van der Waals surface area contributed by atoms with E-state index in [4.69, 9.17) is 13.0 Å². The van der Waals surface area contributed by atoms with Gasteiger partial charge in [-0.05, 0) is 25.0 Å². The van der Waals surface area contributed by atoms with Gasteiger partial charge in [0, 0.05) is 0 Å². The van der Waals surface area contributed by atoms with Gasteiger partial charge in [-0.2, -0.15) is 13.2 Å². The molecule has 8 heteroatoms. The summed E-state index contributed by atoms with van der Waals surface area (Å²) in [7, 11) is -6.09. The molecule has 0 saturated carbocycles. The lowest BCUT2D eigenvalue weighted by atomic mass is 10.1. The van der Waals surface area contributed by atoms with E-state index in [0.717, 1.165) is 0 Å². The average molecular weight is 371 g/mol. The summed E-state index contributed by atoms with van der Waals surface area (Å²) in [5, 5.41) is 0. The van der Waals surface area contributed by atoms with Crippen molar-refractivity contribution in [2.75, 3.05) is 6.54 Å². The molecule has 0 aromatic heterocycles. The summed E-state index contributed by atoms with van der Waals surface area (Å²) in [4.78, 5) is 1.52. The lowest BCUT2D eigenvalue weighted by molar-refractivity contribution is -0.787. The van der Waals surface area contributed by atoms with E-state index < -0.39 is 15.6 Å². The van der Waals surface area contributed by atoms with Crippen LogP contribution in [0, 0.1) is 0 Å². The van der Waals surface area contributed by atoms with Crippen LogP contribution in [-0.4, -0.2) is 25.0 Å². The van der Waals surface area contributed by atoms with Crippen molar-refractivity contribution in [2.45, 2.75) is 70.2 Å². The van der Waals surface area contributed by atoms with E-state index in [-0.39, 0.29) is 0 Å². The molecule has 0 spiro atoms. The molecule has 1 heterocycles. The Morgan fingerprint density at radius 3 is 1.62 bits per heavy atom. The zero-order valence-electron chi connectivity index (χ0n) is 14.1. The molecule has 142 valence electrons. The molecule has 0 atom stereocenters. The van der Waals surface area contributed by atoms with Crippen molar-refractivity contribution in [3.63, 3.8) is 0 Å². The van der Waals surface area contributed by atoms with E-state index in [1.165, 1.54) is 69.2 Å². The van der Waals surface area contributed by atoms with Crippen molar-refractivity contribution < 1.29 is 31.0 Å². The summed E-state index contributed by atoms with van der Waals surface area (Å²) in [5.41, 5.74) is -5.65. The molecule has 1 aliphatic heterocycles. The van der Waals surface area contributed by atoms with Gasteiger partial charge in [-0.3, -0.25) is 4.90 Å². The highest BCUT2D eigenvalue weighted by Crippen LogP contribution is 2.20. The molecule has 0 fully saturated rings. The Morgan fingerprint density at radius 1 is 0.875 bits per heavy atom. The summed E-state index contributed by atoms with van der Waals surface area (Å²) >= 11 is 0. The molecule has 0 unspecified atom stereocenters. The second-order valence-electron chi connectivity index (χ2n) is 5.77. The van der Waals surface area contributed by atoms with E-state index >= 15 is 0 Å². The molecule has 0 aromatic carbocycles. The normalized spacial score (nSPS) is 14.7. The largest absolute Gasteiger partial charge is 0.741 e. The number of hydrogen-bond acceptors (Lipinski definition) is 3. The Balaban J connectivity index is 0.000000561. The highest BCUT2D eigenvalue weighted by Gasteiger charge is 2.36. The molecule has 1 rings (SSSR count). The summed E-state index contributed by atoms with van der Waals surface area (Å²) in [6.07, 6.45) is 21.6. The minimum atomic E-state index is -6.09. The van der Waals surface area contributed by atoms with Crippen LogP contribution >= 0.6 is 0 Å². The Bertz CT molecular complexity index is 461. The van der Waals surface area contributed by atoms with Crippen LogP contribution in [0.1, 0.15) is 64.7 Å². The monoisotopic (exact) mass is 371 g/mol. The smallest absolute Gasteiger partial charge is 0.485 e. The minimum Gasteiger partial charge on any atom is -0.741 e. The van der Waals surface area contributed by atoms with Gasteiger partial charge in [-0.15, -0.1) is 0 Å². The van der Waals surface area contributed by atoms with E-state index in [2.05, 4.69) is 31.5 Å². The first-order chi connectivity index (χ1) is 11.2. The van der Waals surface area contributed by atoms with Crippen molar-refractivity contribution in [1.82, 2.24) is 0 Å². The third-order valence-electron chi connectivity index (χ3n) is 3.58. The predicted octanol–water partition coefficient (Wildman–Crippen LogP) is 3.49. The van der Waals surface area contributed by atoms with Crippen LogP contribution in [0.25, 0.3) is 0 Å². The molecule has 24 heavy (non-hydrogen) atoms. The third kappa shape index (κ3) is 12.5. The van der Waals surface area contributed by atoms with Crippen LogP contribution in [0.15, 0.2) is 24.6 Å². The number of halogens is 3. The number of hydrogen-bond donors (Lipinski definition) is 1. The minimum absolute atomic E-state index is 1.28. The maximum Gasteiger partial charge on any atom is 0.485 e. The molecule has 0 aliphatic carbocycles. The van der Waals surface area contributed by atoms with Crippen LogP contribution in [0.5, 0.6) is 0 Å². The number of alkyl halides is 3. The molecule has 0 aromatic rings.